The third-order valence-corrected chi connectivity index (χ3v) is 3.70. The Bertz CT molecular complexity index is 449. The zero-order chi connectivity index (χ0) is 13.8. The molecule has 19 heavy (non-hydrogen) atoms. The molecule has 1 aliphatic rings. The Hall–Kier alpha value is -1.62. The van der Waals surface area contributed by atoms with Gasteiger partial charge in [0.05, 0.1) is 0 Å². The molecular formula is C14H22N4O. The van der Waals surface area contributed by atoms with Crippen LogP contribution in [-0.4, -0.2) is 49.0 Å². The summed E-state index contributed by atoms with van der Waals surface area (Å²) in [5.74, 6) is 1.18. The molecule has 5 nitrogen and oxygen atoms in total. The maximum absolute atomic E-state index is 12.2. The lowest BCUT2D eigenvalue weighted by atomic mass is 9.94. The Morgan fingerprint density at radius 2 is 2.32 bits per heavy atom. The average Bonchev–Trinajstić information content (AvgIpc) is 2.42. The number of aromatic nitrogens is 1. The number of carbonyl (C=O) groups excluding carboxylic acids is 1. The molecule has 0 aromatic carbocycles. The van der Waals surface area contributed by atoms with Crippen LogP contribution in [0.3, 0.4) is 0 Å². The van der Waals surface area contributed by atoms with Crippen molar-refractivity contribution in [3.8, 4) is 0 Å². The second-order valence-electron chi connectivity index (χ2n) is 5.29. The van der Waals surface area contributed by atoms with Crippen LogP contribution >= 0.6 is 0 Å². The van der Waals surface area contributed by atoms with Crippen LogP contribution in [0.5, 0.6) is 0 Å². The summed E-state index contributed by atoms with van der Waals surface area (Å²) in [5.41, 5.74) is 0.658. The van der Waals surface area contributed by atoms with Crippen LogP contribution in [0.15, 0.2) is 18.3 Å². The highest BCUT2D eigenvalue weighted by Gasteiger charge is 2.25. The second-order valence-corrected chi connectivity index (χ2v) is 5.29. The zero-order valence-electron chi connectivity index (χ0n) is 11.8. The first kappa shape index (κ1) is 13.8. The molecule has 2 N–H and O–H groups in total. The van der Waals surface area contributed by atoms with Crippen molar-refractivity contribution in [3.63, 3.8) is 0 Å². The molecule has 2 rings (SSSR count). The molecular weight excluding hydrogens is 240 g/mol. The van der Waals surface area contributed by atoms with Gasteiger partial charge < -0.3 is 15.5 Å². The van der Waals surface area contributed by atoms with E-state index in [-0.39, 0.29) is 11.9 Å². The van der Waals surface area contributed by atoms with Crippen LogP contribution in [0.25, 0.3) is 0 Å². The zero-order valence-corrected chi connectivity index (χ0v) is 11.8. The fraction of sp³-hybridized carbons (Fsp3) is 0.571. The third kappa shape index (κ3) is 3.44. The number of nitrogens with zero attached hydrogens (tertiary/aromatic N) is 2. The molecule has 104 valence electrons. The minimum Gasteiger partial charge on any atom is -0.373 e. The summed E-state index contributed by atoms with van der Waals surface area (Å²) in [4.78, 5) is 18.6. The van der Waals surface area contributed by atoms with Gasteiger partial charge in [0.25, 0.3) is 5.91 Å². The van der Waals surface area contributed by atoms with Crippen molar-refractivity contribution in [2.75, 3.05) is 32.5 Å². The van der Waals surface area contributed by atoms with Crippen LogP contribution in [0.2, 0.25) is 0 Å². The molecule has 2 unspecified atom stereocenters. The number of likely N-dealkylation sites (tertiary alicyclic amines) is 1. The fourth-order valence-corrected chi connectivity index (χ4v) is 2.53. The van der Waals surface area contributed by atoms with Crippen molar-refractivity contribution in [3.05, 3.63) is 23.9 Å². The van der Waals surface area contributed by atoms with Crippen molar-refractivity contribution in [1.29, 1.82) is 0 Å². The SMILES string of the molecule is CNc1cc(C(=O)NC2CCN(C)CC2C)ccn1. The first-order valence-electron chi connectivity index (χ1n) is 6.73. The lowest BCUT2D eigenvalue weighted by molar-refractivity contribution is 0.0884. The van der Waals surface area contributed by atoms with Crippen molar-refractivity contribution in [2.24, 2.45) is 5.92 Å². The van der Waals surface area contributed by atoms with Gasteiger partial charge in [0.2, 0.25) is 0 Å². The summed E-state index contributed by atoms with van der Waals surface area (Å²) >= 11 is 0. The van der Waals surface area contributed by atoms with Gasteiger partial charge in [-0.25, -0.2) is 4.98 Å². The Labute approximate surface area is 114 Å². The van der Waals surface area contributed by atoms with Gasteiger partial charge in [-0.2, -0.15) is 0 Å². The van der Waals surface area contributed by atoms with E-state index in [9.17, 15) is 4.79 Å². The van der Waals surface area contributed by atoms with Gasteiger partial charge in [-0.3, -0.25) is 4.79 Å². The number of hydrogen-bond donors (Lipinski definition) is 2. The number of carbonyl (C=O) groups is 1. The van der Waals surface area contributed by atoms with E-state index in [1.54, 1.807) is 25.4 Å². The first-order chi connectivity index (χ1) is 9.10. The number of nitrogens with one attached hydrogen (secondary N) is 2. The van der Waals surface area contributed by atoms with E-state index in [2.05, 4.69) is 34.5 Å². The van der Waals surface area contributed by atoms with E-state index in [0.29, 0.717) is 17.3 Å². The summed E-state index contributed by atoms with van der Waals surface area (Å²) in [6, 6.07) is 3.78. The predicted molar refractivity (Wildman–Crippen MR) is 76.3 cm³/mol. The summed E-state index contributed by atoms with van der Waals surface area (Å²) in [7, 11) is 3.92. The van der Waals surface area contributed by atoms with Crippen molar-refractivity contribution in [1.82, 2.24) is 15.2 Å². The van der Waals surface area contributed by atoms with Crippen LogP contribution in [0, 0.1) is 5.92 Å². The molecule has 1 saturated heterocycles. The normalized spacial score (nSPS) is 23.9. The van der Waals surface area contributed by atoms with Gasteiger partial charge in [-0.15, -0.1) is 0 Å². The van der Waals surface area contributed by atoms with Gasteiger partial charge in [-0.05, 0) is 38.1 Å². The molecule has 0 spiro atoms. The molecule has 1 aliphatic heterocycles. The van der Waals surface area contributed by atoms with E-state index in [0.717, 1.165) is 19.5 Å². The van der Waals surface area contributed by atoms with Gasteiger partial charge >= 0.3 is 0 Å². The maximum Gasteiger partial charge on any atom is 0.251 e. The first-order valence-corrected chi connectivity index (χ1v) is 6.73. The van der Waals surface area contributed by atoms with Crippen LogP contribution in [0.1, 0.15) is 23.7 Å². The Morgan fingerprint density at radius 1 is 1.53 bits per heavy atom. The van der Waals surface area contributed by atoms with Gasteiger partial charge in [0, 0.05) is 31.4 Å². The maximum atomic E-state index is 12.2. The molecule has 0 radical (unpaired) electrons. The van der Waals surface area contributed by atoms with Crippen molar-refractivity contribution in [2.45, 2.75) is 19.4 Å². The number of hydrogen-bond acceptors (Lipinski definition) is 4. The highest BCUT2D eigenvalue weighted by molar-refractivity contribution is 5.95. The molecule has 1 aromatic heterocycles. The molecule has 0 aliphatic carbocycles. The third-order valence-electron chi connectivity index (χ3n) is 3.70. The van der Waals surface area contributed by atoms with E-state index in [1.807, 2.05) is 0 Å². The second kappa shape index (κ2) is 6.02. The van der Waals surface area contributed by atoms with Crippen molar-refractivity contribution < 1.29 is 4.79 Å². The molecule has 1 fully saturated rings. The largest absolute Gasteiger partial charge is 0.373 e. The summed E-state index contributed by atoms with van der Waals surface area (Å²) in [6.07, 6.45) is 2.66. The van der Waals surface area contributed by atoms with E-state index in [4.69, 9.17) is 0 Å². The lowest BCUT2D eigenvalue weighted by Gasteiger charge is -2.35. The average molecular weight is 262 g/mol. The molecule has 2 heterocycles. The summed E-state index contributed by atoms with van der Waals surface area (Å²) in [6.45, 7) is 4.25. The number of piperidine rings is 1. The molecule has 0 saturated carbocycles. The number of rotatable bonds is 3. The van der Waals surface area contributed by atoms with Gasteiger partial charge in [0.1, 0.15) is 5.82 Å². The number of pyridine rings is 1. The number of anilines is 1. The quantitative estimate of drug-likeness (QED) is 0.859. The summed E-state index contributed by atoms with van der Waals surface area (Å²) in [5, 5.41) is 6.08. The molecule has 1 amide bonds. The van der Waals surface area contributed by atoms with E-state index < -0.39 is 0 Å². The molecule has 5 heteroatoms. The van der Waals surface area contributed by atoms with E-state index in [1.165, 1.54) is 0 Å². The minimum atomic E-state index is -0.0136. The highest BCUT2D eigenvalue weighted by Crippen LogP contribution is 2.16. The van der Waals surface area contributed by atoms with Gasteiger partial charge in [0.15, 0.2) is 0 Å². The smallest absolute Gasteiger partial charge is 0.251 e. The highest BCUT2D eigenvalue weighted by atomic mass is 16.1. The monoisotopic (exact) mass is 262 g/mol. The summed E-state index contributed by atoms with van der Waals surface area (Å²) < 4.78 is 0. The van der Waals surface area contributed by atoms with Crippen LogP contribution < -0.4 is 10.6 Å². The standard InChI is InChI=1S/C14H22N4O/c1-10-9-18(3)7-5-12(10)17-14(19)11-4-6-16-13(8-11)15-2/h4,6,8,10,12H,5,7,9H2,1-3H3,(H,15,16)(H,17,19). The topological polar surface area (TPSA) is 57.3 Å². The number of amides is 1. The molecule has 1 aromatic rings. The van der Waals surface area contributed by atoms with Crippen LogP contribution in [0.4, 0.5) is 5.82 Å². The fourth-order valence-electron chi connectivity index (χ4n) is 2.53. The Balaban J connectivity index is 2.00. The van der Waals surface area contributed by atoms with Gasteiger partial charge in [-0.1, -0.05) is 6.92 Å². The van der Waals surface area contributed by atoms with E-state index >= 15 is 0 Å². The Morgan fingerprint density at radius 3 is 3.00 bits per heavy atom. The molecule has 0 bridgehead atoms. The predicted octanol–water partition coefficient (Wildman–Crippen LogP) is 1.19. The minimum absolute atomic E-state index is 0.0136. The van der Waals surface area contributed by atoms with Crippen molar-refractivity contribution >= 4 is 11.7 Å². The lowest BCUT2D eigenvalue weighted by Crippen LogP contribution is -2.48. The van der Waals surface area contributed by atoms with Crippen LogP contribution in [-0.2, 0) is 0 Å². The molecule has 2 atom stereocenters. The Kier molecular flexibility index (Phi) is 4.37.